The summed E-state index contributed by atoms with van der Waals surface area (Å²) in [6, 6.07) is 16.0. The van der Waals surface area contributed by atoms with Crippen LogP contribution in [-0.2, 0) is 20.9 Å². The molecule has 27 heavy (non-hydrogen) atoms. The van der Waals surface area contributed by atoms with E-state index in [1.807, 2.05) is 60.8 Å². The van der Waals surface area contributed by atoms with Crippen molar-refractivity contribution in [3.05, 3.63) is 70.8 Å². The predicted octanol–water partition coefficient (Wildman–Crippen LogP) is 5.42. The summed E-state index contributed by atoms with van der Waals surface area (Å²) in [5, 5.41) is 3.03. The van der Waals surface area contributed by atoms with Crippen molar-refractivity contribution < 1.29 is 19.0 Å². The fraction of sp³-hybridized carbons (Fsp3) is 0.227. The molecule has 5 heteroatoms. The van der Waals surface area contributed by atoms with Gasteiger partial charge in [-0.15, -0.1) is 11.3 Å². The minimum Gasteiger partial charge on any atom is -0.488 e. The second-order valence-corrected chi connectivity index (χ2v) is 6.67. The molecule has 0 spiro atoms. The molecule has 1 heterocycles. The number of thiophene rings is 1. The van der Waals surface area contributed by atoms with Crippen molar-refractivity contribution in [2.75, 3.05) is 13.2 Å². The number of fused-ring (bicyclic) bond motifs is 1. The van der Waals surface area contributed by atoms with Gasteiger partial charge in [-0.25, -0.2) is 4.79 Å². The van der Waals surface area contributed by atoms with Gasteiger partial charge in [0.05, 0.1) is 13.2 Å². The van der Waals surface area contributed by atoms with Gasteiger partial charge in [-0.1, -0.05) is 30.3 Å². The van der Waals surface area contributed by atoms with Gasteiger partial charge in [0.15, 0.2) is 0 Å². The average molecular weight is 382 g/mol. The first-order valence-electron chi connectivity index (χ1n) is 8.91. The smallest absolute Gasteiger partial charge is 0.373 e. The molecule has 0 N–H and O–H groups in total. The number of ether oxygens (including phenoxy) is 3. The molecule has 0 aliphatic rings. The molecule has 0 aliphatic carbocycles. The fourth-order valence-electron chi connectivity index (χ4n) is 2.69. The van der Waals surface area contributed by atoms with Gasteiger partial charge < -0.3 is 14.2 Å². The Balaban J connectivity index is 1.89. The Morgan fingerprint density at radius 2 is 1.78 bits per heavy atom. The fourth-order valence-corrected chi connectivity index (χ4v) is 3.59. The molecular formula is C22H22O4S. The SMILES string of the molecule is CCOC(=O)/C(=C/c1ccc(OCc2ccccc2)c2ccsc12)OCC. The van der Waals surface area contributed by atoms with Gasteiger partial charge in [0.25, 0.3) is 0 Å². The van der Waals surface area contributed by atoms with Crippen LogP contribution in [0.1, 0.15) is 25.0 Å². The summed E-state index contributed by atoms with van der Waals surface area (Å²) < 4.78 is 17.6. The number of hydrogen-bond acceptors (Lipinski definition) is 5. The van der Waals surface area contributed by atoms with E-state index < -0.39 is 5.97 Å². The summed E-state index contributed by atoms with van der Waals surface area (Å²) in [6.07, 6.45) is 1.74. The van der Waals surface area contributed by atoms with Crippen LogP contribution in [0.2, 0.25) is 0 Å². The summed E-state index contributed by atoms with van der Waals surface area (Å²) in [7, 11) is 0. The van der Waals surface area contributed by atoms with Gasteiger partial charge in [0, 0.05) is 10.1 Å². The highest BCUT2D eigenvalue weighted by atomic mass is 32.1. The lowest BCUT2D eigenvalue weighted by Crippen LogP contribution is -2.10. The van der Waals surface area contributed by atoms with E-state index in [0.717, 1.165) is 27.0 Å². The van der Waals surface area contributed by atoms with Crippen molar-refractivity contribution in [1.29, 1.82) is 0 Å². The summed E-state index contributed by atoms with van der Waals surface area (Å²) in [6.45, 7) is 4.83. The molecular weight excluding hydrogens is 360 g/mol. The van der Waals surface area contributed by atoms with E-state index in [-0.39, 0.29) is 5.76 Å². The largest absolute Gasteiger partial charge is 0.488 e. The van der Waals surface area contributed by atoms with Gasteiger partial charge in [-0.2, -0.15) is 0 Å². The molecule has 2 aromatic carbocycles. The molecule has 0 atom stereocenters. The Labute approximate surface area is 163 Å². The van der Waals surface area contributed by atoms with Crippen molar-refractivity contribution in [1.82, 2.24) is 0 Å². The molecule has 0 aliphatic heterocycles. The molecule has 0 amide bonds. The minimum atomic E-state index is -0.450. The molecule has 0 saturated heterocycles. The van der Waals surface area contributed by atoms with Crippen LogP contribution in [0.5, 0.6) is 5.75 Å². The predicted molar refractivity (Wildman–Crippen MR) is 109 cm³/mol. The van der Waals surface area contributed by atoms with E-state index in [4.69, 9.17) is 14.2 Å². The third-order valence-electron chi connectivity index (χ3n) is 3.91. The van der Waals surface area contributed by atoms with Gasteiger partial charge in [0.1, 0.15) is 12.4 Å². The maximum Gasteiger partial charge on any atom is 0.373 e. The number of esters is 1. The van der Waals surface area contributed by atoms with Gasteiger partial charge in [0.2, 0.25) is 5.76 Å². The lowest BCUT2D eigenvalue weighted by Gasteiger charge is -2.10. The van der Waals surface area contributed by atoms with Crippen molar-refractivity contribution in [3.63, 3.8) is 0 Å². The van der Waals surface area contributed by atoms with E-state index in [0.29, 0.717) is 19.8 Å². The second kappa shape index (κ2) is 9.24. The third kappa shape index (κ3) is 4.68. The Bertz CT molecular complexity index is 928. The molecule has 0 unspecified atom stereocenters. The van der Waals surface area contributed by atoms with Crippen LogP contribution >= 0.6 is 11.3 Å². The molecule has 4 nitrogen and oxygen atoms in total. The van der Waals surface area contributed by atoms with Gasteiger partial charge in [-0.05, 0) is 54.6 Å². The summed E-state index contributed by atoms with van der Waals surface area (Å²) in [4.78, 5) is 12.1. The van der Waals surface area contributed by atoms with E-state index in [2.05, 4.69) is 0 Å². The average Bonchev–Trinajstić information content (AvgIpc) is 3.18. The lowest BCUT2D eigenvalue weighted by atomic mass is 10.1. The van der Waals surface area contributed by atoms with E-state index in [1.54, 1.807) is 24.3 Å². The monoisotopic (exact) mass is 382 g/mol. The lowest BCUT2D eigenvalue weighted by molar-refractivity contribution is -0.142. The van der Waals surface area contributed by atoms with Crippen LogP contribution in [-0.4, -0.2) is 19.2 Å². The van der Waals surface area contributed by atoms with E-state index in [1.165, 1.54) is 0 Å². The topological polar surface area (TPSA) is 44.8 Å². The molecule has 0 radical (unpaired) electrons. The first-order chi connectivity index (χ1) is 13.2. The maximum atomic E-state index is 12.1. The van der Waals surface area contributed by atoms with Crippen LogP contribution in [0.25, 0.3) is 16.2 Å². The van der Waals surface area contributed by atoms with Crippen LogP contribution < -0.4 is 4.74 Å². The van der Waals surface area contributed by atoms with Crippen molar-refractivity contribution >= 4 is 33.5 Å². The van der Waals surface area contributed by atoms with Gasteiger partial charge >= 0.3 is 5.97 Å². The molecule has 0 bridgehead atoms. The van der Waals surface area contributed by atoms with Crippen LogP contribution in [0.3, 0.4) is 0 Å². The van der Waals surface area contributed by atoms with Crippen molar-refractivity contribution in [3.8, 4) is 5.75 Å². The van der Waals surface area contributed by atoms with E-state index in [9.17, 15) is 4.79 Å². The standard InChI is InChI=1S/C22H22O4S/c1-3-24-20(22(23)25-4-2)14-17-10-11-19(18-12-13-27-21(17)18)26-15-16-8-6-5-7-9-16/h5-14H,3-4,15H2,1-2H3/b20-14-. The maximum absolute atomic E-state index is 12.1. The van der Waals surface area contributed by atoms with E-state index >= 15 is 0 Å². The van der Waals surface area contributed by atoms with Crippen molar-refractivity contribution in [2.45, 2.75) is 20.5 Å². The summed E-state index contributed by atoms with van der Waals surface area (Å²) >= 11 is 1.60. The van der Waals surface area contributed by atoms with Crippen LogP contribution in [0.15, 0.2) is 59.7 Å². The molecule has 1 aromatic heterocycles. The zero-order valence-corrected chi connectivity index (χ0v) is 16.3. The number of benzene rings is 2. The second-order valence-electron chi connectivity index (χ2n) is 5.75. The van der Waals surface area contributed by atoms with Gasteiger partial charge in [-0.3, -0.25) is 0 Å². The highest BCUT2D eigenvalue weighted by Crippen LogP contribution is 2.34. The molecule has 3 rings (SSSR count). The Morgan fingerprint density at radius 1 is 1.00 bits per heavy atom. The zero-order valence-electron chi connectivity index (χ0n) is 15.4. The summed E-state index contributed by atoms with van der Waals surface area (Å²) in [5.74, 6) is 0.585. The highest BCUT2D eigenvalue weighted by molar-refractivity contribution is 7.17. The van der Waals surface area contributed by atoms with Crippen LogP contribution in [0, 0.1) is 0 Å². The van der Waals surface area contributed by atoms with Crippen molar-refractivity contribution in [2.24, 2.45) is 0 Å². The third-order valence-corrected chi connectivity index (χ3v) is 4.87. The Hall–Kier alpha value is -2.79. The minimum absolute atomic E-state index is 0.215. The zero-order chi connectivity index (χ0) is 19.1. The number of carbonyl (C=O) groups excluding carboxylic acids is 1. The first kappa shape index (κ1) is 19.0. The Kier molecular flexibility index (Phi) is 6.49. The number of rotatable bonds is 8. The number of carbonyl (C=O) groups is 1. The summed E-state index contributed by atoms with van der Waals surface area (Å²) in [5.41, 5.74) is 2.02. The normalized spacial score (nSPS) is 11.4. The quantitative estimate of drug-likeness (QED) is 0.296. The Morgan fingerprint density at radius 3 is 2.52 bits per heavy atom. The molecule has 3 aromatic rings. The first-order valence-corrected chi connectivity index (χ1v) is 9.79. The molecule has 0 saturated carbocycles. The van der Waals surface area contributed by atoms with Crippen LogP contribution in [0.4, 0.5) is 0 Å². The number of hydrogen-bond donors (Lipinski definition) is 0. The molecule has 140 valence electrons. The molecule has 0 fully saturated rings. The highest BCUT2D eigenvalue weighted by Gasteiger charge is 2.14.